The van der Waals surface area contributed by atoms with Crippen molar-refractivity contribution in [1.29, 1.82) is 0 Å². The van der Waals surface area contributed by atoms with Crippen LogP contribution in [0.5, 0.6) is 0 Å². The Balaban J connectivity index is 1.75. The average Bonchev–Trinajstić information content (AvgIpc) is 3.33. The molecule has 2 aromatic rings. The molecular weight excluding hydrogens is 412 g/mol. The number of allylic oxidation sites excluding steroid dienone is 1. The van der Waals surface area contributed by atoms with Crippen molar-refractivity contribution in [2.75, 3.05) is 19.7 Å². The summed E-state index contributed by atoms with van der Waals surface area (Å²) in [7, 11) is 0. The molecule has 1 aromatic heterocycles. The van der Waals surface area contributed by atoms with E-state index in [1.165, 1.54) is 11.3 Å². The summed E-state index contributed by atoms with van der Waals surface area (Å²) >= 11 is 7.39. The van der Waals surface area contributed by atoms with E-state index in [0.717, 1.165) is 16.9 Å². The van der Waals surface area contributed by atoms with Crippen LogP contribution in [0.2, 0.25) is 4.47 Å². The fourth-order valence-corrected chi connectivity index (χ4v) is 5.10. The van der Waals surface area contributed by atoms with E-state index in [0.29, 0.717) is 42.9 Å². The van der Waals surface area contributed by atoms with Crippen molar-refractivity contribution in [1.82, 2.24) is 14.8 Å². The van der Waals surface area contributed by atoms with Crippen LogP contribution in [0.25, 0.3) is 0 Å². The van der Waals surface area contributed by atoms with E-state index >= 15 is 0 Å². The lowest BCUT2D eigenvalue weighted by Crippen LogP contribution is -2.43. The molecule has 1 saturated heterocycles. The first-order valence-electron chi connectivity index (χ1n) is 9.75. The highest BCUT2D eigenvalue weighted by atomic mass is 35.5. The van der Waals surface area contributed by atoms with Gasteiger partial charge in [0.05, 0.1) is 17.4 Å². The van der Waals surface area contributed by atoms with Crippen molar-refractivity contribution in [3.63, 3.8) is 0 Å². The molecule has 0 bridgehead atoms. The molecule has 29 heavy (non-hydrogen) atoms. The Morgan fingerprint density at radius 3 is 2.79 bits per heavy atom. The molecule has 1 aromatic carbocycles. The van der Waals surface area contributed by atoms with Crippen LogP contribution in [0.4, 0.5) is 0 Å². The Kier molecular flexibility index (Phi) is 6.03. The second kappa shape index (κ2) is 8.69. The third-order valence-electron chi connectivity index (χ3n) is 5.31. The summed E-state index contributed by atoms with van der Waals surface area (Å²) in [6.45, 7) is 4.66. The first-order valence-corrected chi connectivity index (χ1v) is 10.9. The SMILES string of the molecule is CCCOC1CC(c2ccccc2)C([N+](=O)[O-])=C2N(Cc3cnc(Cl)s3)CCN21. The predicted octanol–water partition coefficient (Wildman–Crippen LogP) is 4.30. The monoisotopic (exact) mass is 434 g/mol. The Morgan fingerprint density at radius 1 is 1.34 bits per heavy atom. The Hall–Kier alpha value is -2.16. The molecule has 4 rings (SSSR count). The van der Waals surface area contributed by atoms with E-state index in [1.807, 2.05) is 30.3 Å². The van der Waals surface area contributed by atoms with Crippen LogP contribution >= 0.6 is 22.9 Å². The molecule has 2 unspecified atom stereocenters. The zero-order valence-corrected chi connectivity index (χ0v) is 17.7. The molecule has 2 aliphatic heterocycles. The number of aromatic nitrogens is 1. The lowest BCUT2D eigenvalue weighted by atomic mass is 9.88. The van der Waals surface area contributed by atoms with Gasteiger partial charge >= 0.3 is 0 Å². The second-order valence-electron chi connectivity index (χ2n) is 7.18. The topological polar surface area (TPSA) is 71.7 Å². The third-order valence-corrected chi connectivity index (χ3v) is 6.41. The maximum Gasteiger partial charge on any atom is 0.293 e. The molecule has 1 fully saturated rings. The number of ether oxygens (including phenoxy) is 1. The number of fused-ring (bicyclic) bond motifs is 1. The molecule has 2 aliphatic rings. The van der Waals surface area contributed by atoms with E-state index < -0.39 is 0 Å². The normalized spacial score (nSPS) is 21.6. The van der Waals surface area contributed by atoms with Gasteiger partial charge in [0.2, 0.25) is 0 Å². The molecule has 0 aliphatic carbocycles. The number of benzene rings is 1. The lowest BCUT2D eigenvalue weighted by Gasteiger charge is -2.38. The molecule has 9 heteroatoms. The largest absolute Gasteiger partial charge is 0.358 e. The first-order chi connectivity index (χ1) is 14.1. The van der Waals surface area contributed by atoms with Crippen LogP contribution in [0.3, 0.4) is 0 Å². The number of halogens is 1. The minimum Gasteiger partial charge on any atom is -0.358 e. The maximum atomic E-state index is 12.2. The summed E-state index contributed by atoms with van der Waals surface area (Å²) in [6.07, 6.45) is 3.05. The van der Waals surface area contributed by atoms with Crippen molar-refractivity contribution in [3.05, 3.63) is 73.1 Å². The van der Waals surface area contributed by atoms with Crippen LogP contribution in [0.1, 0.15) is 36.1 Å². The molecule has 0 N–H and O–H groups in total. The van der Waals surface area contributed by atoms with Gasteiger partial charge in [0, 0.05) is 37.2 Å². The van der Waals surface area contributed by atoms with E-state index in [1.54, 1.807) is 6.20 Å². The van der Waals surface area contributed by atoms with Crippen LogP contribution < -0.4 is 0 Å². The van der Waals surface area contributed by atoms with Crippen molar-refractivity contribution in [2.45, 2.75) is 38.5 Å². The Morgan fingerprint density at radius 2 is 2.14 bits per heavy atom. The first kappa shape index (κ1) is 20.1. The minimum absolute atomic E-state index is 0.172. The highest BCUT2D eigenvalue weighted by Crippen LogP contribution is 2.43. The van der Waals surface area contributed by atoms with Gasteiger partial charge in [0.25, 0.3) is 5.70 Å². The van der Waals surface area contributed by atoms with E-state index in [-0.39, 0.29) is 22.8 Å². The fraction of sp³-hybridized carbons (Fsp3) is 0.450. The highest BCUT2D eigenvalue weighted by molar-refractivity contribution is 7.15. The molecule has 154 valence electrons. The Bertz CT molecular complexity index is 904. The number of hydrogen-bond acceptors (Lipinski definition) is 7. The standard InChI is InChI=1S/C20H23ClN4O3S/c1-2-10-28-17-11-16(14-6-4-3-5-7-14)18(25(26)27)19-23(8-9-24(17)19)13-15-12-22-20(21)29-15/h3-7,12,16-17H,2,8-11,13H2,1H3. The van der Waals surface area contributed by atoms with Crippen molar-refractivity contribution < 1.29 is 9.66 Å². The van der Waals surface area contributed by atoms with Gasteiger partial charge < -0.3 is 14.5 Å². The molecule has 0 spiro atoms. The third kappa shape index (κ3) is 4.10. The van der Waals surface area contributed by atoms with E-state index in [4.69, 9.17) is 16.3 Å². The predicted molar refractivity (Wildman–Crippen MR) is 112 cm³/mol. The fourth-order valence-electron chi connectivity index (χ4n) is 4.11. The summed E-state index contributed by atoms with van der Waals surface area (Å²) in [6, 6.07) is 9.71. The summed E-state index contributed by atoms with van der Waals surface area (Å²) < 4.78 is 6.62. The minimum atomic E-state index is -0.315. The van der Waals surface area contributed by atoms with Gasteiger partial charge in [-0.2, -0.15) is 0 Å². The number of thiazole rings is 1. The Labute approximate surface area is 178 Å². The zero-order chi connectivity index (χ0) is 20.4. The molecule has 0 saturated carbocycles. The summed E-state index contributed by atoms with van der Waals surface area (Å²) in [5, 5.41) is 12.2. The molecule has 2 atom stereocenters. The molecule has 7 nitrogen and oxygen atoms in total. The van der Waals surface area contributed by atoms with Crippen LogP contribution in [-0.2, 0) is 11.3 Å². The summed E-state index contributed by atoms with van der Waals surface area (Å²) in [5.41, 5.74) is 1.20. The van der Waals surface area contributed by atoms with Gasteiger partial charge in [-0.1, -0.05) is 48.9 Å². The number of nitro groups is 1. The zero-order valence-electron chi connectivity index (χ0n) is 16.2. The number of nitrogens with zero attached hydrogens (tertiary/aromatic N) is 4. The summed E-state index contributed by atoms with van der Waals surface area (Å²) in [5.74, 6) is 0.352. The van der Waals surface area contributed by atoms with E-state index in [9.17, 15) is 10.1 Å². The number of rotatable bonds is 7. The average molecular weight is 435 g/mol. The van der Waals surface area contributed by atoms with Crippen molar-refractivity contribution in [3.8, 4) is 0 Å². The molecule has 0 amide bonds. The lowest BCUT2D eigenvalue weighted by molar-refractivity contribution is -0.436. The van der Waals surface area contributed by atoms with Crippen molar-refractivity contribution in [2.24, 2.45) is 0 Å². The quantitative estimate of drug-likeness (QED) is 0.478. The van der Waals surface area contributed by atoms with Crippen LogP contribution in [-0.4, -0.2) is 45.6 Å². The van der Waals surface area contributed by atoms with Gasteiger partial charge in [-0.3, -0.25) is 10.1 Å². The highest BCUT2D eigenvalue weighted by Gasteiger charge is 2.47. The van der Waals surface area contributed by atoms with Crippen molar-refractivity contribution >= 4 is 22.9 Å². The van der Waals surface area contributed by atoms with Gasteiger partial charge in [-0.15, -0.1) is 11.3 Å². The van der Waals surface area contributed by atoms with E-state index in [2.05, 4.69) is 21.7 Å². The molecule has 3 heterocycles. The molecule has 0 radical (unpaired) electrons. The number of hydrogen-bond donors (Lipinski definition) is 0. The second-order valence-corrected chi connectivity index (χ2v) is 8.88. The van der Waals surface area contributed by atoms with Gasteiger partial charge in [-0.05, 0) is 12.0 Å². The van der Waals surface area contributed by atoms with Crippen LogP contribution in [0, 0.1) is 10.1 Å². The maximum absolute atomic E-state index is 12.2. The van der Waals surface area contributed by atoms with Crippen LogP contribution in [0.15, 0.2) is 48.0 Å². The molecular formula is C20H23ClN4O3S. The van der Waals surface area contributed by atoms with Gasteiger partial charge in [0.1, 0.15) is 6.23 Å². The summed E-state index contributed by atoms with van der Waals surface area (Å²) in [4.78, 5) is 21.2. The van der Waals surface area contributed by atoms with Gasteiger partial charge in [-0.25, -0.2) is 4.98 Å². The smallest absolute Gasteiger partial charge is 0.293 e. The van der Waals surface area contributed by atoms with Gasteiger partial charge in [0.15, 0.2) is 10.3 Å².